The SMILES string of the molecule is NC(=O)C1CC2CC2N1C(=O)c1cccc(C2(O)CNC2)c1. The first-order valence-corrected chi connectivity index (χ1v) is 7.65. The van der Waals surface area contributed by atoms with Crippen molar-refractivity contribution >= 4 is 11.8 Å². The van der Waals surface area contributed by atoms with Gasteiger partial charge in [-0.2, -0.15) is 0 Å². The number of nitrogens with zero attached hydrogens (tertiary/aromatic N) is 1. The van der Waals surface area contributed by atoms with Crippen LogP contribution < -0.4 is 11.1 Å². The standard InChI is InChI=1S/C16H19N3O3/c17-14(20)13-6-10-5-12(10)19(13)15(21)9-2-1-3-11(4-9)16(22)7-18-8-16/h1-4,10,12-13,18,22H,5-8H2,(H2,17,20). The first-order chi connectivity index (χ1) is 10.5. The van der Waals surface area contributed by atoms with Crippen LogP contribution >= 0.6 is 0 Å². The number of rotatable bonds is 3. The van der Waals surface area contributed by atoms with Crippen LogP contribution in [-0.4, -0.2) is 47.0 Å². The highest BCUT2D eigenvalue weighted by molar-refractivity contribution is 5.98. The van der Waals surface area contributed by atoms with E-state index < -0.39 is 17.6 Å². The monoisotopic (exact) mass is 301 g/mol. The number of piperidine rings is 1. The van der Waals surface area contributed by atoms with Crippen LogP contribution in [0.15, 0.2) is 24.3 Å². The highest BCUT2D eigenvalue weighted by atomic mass is 16.3. The number of hydrogen-bond acceptors (Lipinski definition) is 4. The summed E-state index contributed by atoms with van der Waals surface area (Å²) in [6.07, 6.45) is 1.64. The Morgan fingerprint density at radius 1 is 1.32 bits per heavy atom. The summed E-state index contributed by atoms with van der Waals surface area (Å²) in [5.74, 6) is -0.172. The largest absolute Gasteiger partial charge is 0.382 e. The second-order valence-electron chi connectivity index (χ2n) is 6.65. The van der Waals surface area contributed by atoms with E-state index in [1.54, 1.807) is 23.1 Å². The minimum atomic E-state index is -0.896. The summed E-state index contributed by atoms with van der Waals surface area (Å²) in [5.41, 5.74) is 5.79. The van der Waals surface area contributed by atoms with Gasteiger partial charge in [0.25, 0.3) is 5.91 Å². The van der Waals surface area contributed by atoms with Crippen LogP contribution in [0, 0.1) is 5.92 Å². The zero-order valence-electron chi connectivity index (χ0n) is 12.2. The average molecular weight is 301 g/mol. The number of benzene rings is 1. The van der Waals surface area contributed by atoms with Crippen LogP contribution in [-0.2, 0) is 10.4 Å². The highest BCUT2D eigenvalue weighted by Gasteiger charge is 2.55. The Balaban J connectivity index is 1.63. The minimum Gasteiger partial charge on any atom is -0.382 e. The van der Waals surface area contributed by atoms with Crippen LogP contribution in [0.25, 0.3) is 0 Å². The number of β-amino-alcohol motifs (C(OH)–C–C–N with tert-alkyl or cyclic N) is 1. The smallest absolute Gasteiger partial charge is 0.254 e. The van der Waals surface area contributed by atoms with Gasteiger partial charge in [-0.05, 0) is 36.5 Å². The molecular formula is C16H19N3O3. The first kappa shape index (κ1) is 13.7. The minimum absolute atomic E-state index is 0.155. The lowest BCUT2D eigenvalue weighted by atomic mass is 9.87. The second-order valence-corrected chi connectivity index (χ2v) is 6.65. The fraction of sp³-hybridized carbons (Fsp3) is 0.500. The lowest BCUT2D eigenvalue weighted by molar-refractivity contribution is -0.122. The number of nitrogens with one attached hydrogen (secondary N) is 1. The van der Waals surface area contributed by atoms with E-state index >= 15 is 0 Å². The Hall–Kier alpha value is -1.92. The molecule has 2 amide bonds. The average Bonchev–Trinajstić information content (AvgIpc) is 3.14. The Kier molecular flexibility index (Phi) is 2.83. The molecule has 6 nitrogen and oxygen atoms in total. The fourth-order valence-corrected chi connectivity index (χ4v) is 3.66. The summed E-state index contributed by atoms with van der Waals surface area (Å²) in [6.45, 7) is 0.978. The molecule has 1 aromatic rings. The van der Waals surface area contributed by atoms with Gasteiger partial charge in [-0.15, -0.1) is 0 Å². The molecule has 116 valence electrons. The van der Waals surface area contributed by atoms with Crippen molar-refractivity contribution < 1.29 is 14.7 Å². The van der Waals surface area contributed by atoms with Crippen molar-refractivity contribution in [3.63, 3.8) is 0 Å². The third-order valence-corrected chi connectivity index (χ3v) is 5.15. The lowest BCUT2D eigenvalue weighted by Crippen LogP contribution is -2.56. The molecule has 2 heterocycles. The number of nitrogens with two attached hydrogens (primary N) is 1. The van der Waals surface area contributed by atoms with Crippen LogP contribution in [0.3, 0.4) is 0 Å². The summed E-state index contributed by atoms with van der Waals surface area (Å²) in [4.78, 5) is 26.0. The van der Waals surface area contributed by atoms with E-state index in [0.717, 1.165) is 12.0 Å². The number of likely N-dealkylation sites (tertiary alicyclic amines) is 1. The maximum Gasteiger partial charge on any atom is 0.254 e. The number of primary amides is 1. The second kappa shape index (κ2) is 4.54. The van der Waals surface area contributed by atoms with E-state index in [1.165, 1.54) is 0 Å². The van der Waals surface area contributed by atoms with Crippen LogP contribution in [0.1, 0.15) is 28.8 Å². The van der Waals surface area contributed by atoms with Crippen LogP contribution in [0.2, 0.25) is 0 Å². The lowest BCUT2D eigenvalue weighted by Gasteiger charge is -2.38. The number of amides is 2. The van der Waals surface area contributed by atoms with Gasteiger partial charge in [0.15, 0.2) is 0 Å². The first-order valence-electron chi connectivity index (χ1n) is 7.65. The number of carbonyl (C=O) groups excluding carboxylic acids is 2. The fourth-order valence-electron chi connectivity index (χ4n) is 3.66. The quantitative estimate of drug-likeness (QED) is 0.705. The van der Waals surface area contributed by atoms with Crippen molar-refractivity contribution in [2.24, 2.45) is 11.7 Å². The molecule has 3 aliphatic rings. The van der Waals surface area contributed by atoms with Crippen molar-refractivity contribution in [3.05, 3.63) is 35.4 Å². The van der Waals surface area contributed by atoms with Crippen molar-refractivity contribution in [1.82, 2.24) is 10.2 Å². The molecule has 3 fully saturated rings. The summed E-state index contributed by atoms with van der Waals surface area (Å²) >= 11 is 0. The molecule has 2 saturated heterocycles. The van der Waals surface area contributed by atoms with Gasteiger partial charge in [-0.25, -0.2) is 0 Å². The van der Waals surface area contributed by atoms with E-state index in [2.05, 4.69) is 5.32 Å². The van der Waals surface area contributed by atoms with Gasteiger partial charge in [0.2, 0.25) is 5.91 Å². The molecule has 1 saturated carbocycles. The molecule has 3 atom stereocenters. The van der Waals surface area contributed by atoms with E-state index in [-0.39, 0.29) is 11.9 Å². The van der Waals surface area contributed by atoms with Gasteiger partial charge in [0.05, 0.1) is 0 Å². The molecule has 0 aromatic heterocycles. The highest BCUT2D eigenvalue weighted by Crippen LogP contribution is 2.48. The van der Waals surface area contributed by atoms with Crippen LogP contribution in [0.4, 0.5) is 0 Å². The molecule has 4 N–H and O–H groups in total. The predicted molar refractivity (Wildman–Crippen MR) is 78.9 cm³/mol. The molecule has 2 aliphatic heterocycles. The molecular weight excluding hydrogens is 282 g/mol. The van der Waals surface area contributed by atoms with Gasteiger partial charge in [0.1, 0.15) is 11.6 Å². The Morgan fingerprint density at radius 3 is 2.73 bits per heavy atom. The molecule has 1 aromatic carbocycles. The molecule has 22 heavy (non-hydrogen) atoms. The maximum atomic E-state index is 12.8. The molecule has 0 bridgehead atoms. The zero-order chi connectivity index (χ0) is 15.5. The number of fused-ring (bicyclic) bond motifs is 1. The number of aliphatic hydroxyl groups is 1. The van der Waals surface area contributed by atoms with Gasteiger partial charge in [-0.1, -0.05) is 12.1 Å². The molecule has 6 heteroatoms. The summed E-state index contributed by atoms with van der Waals surface area (Å²) in [6, 6.07) is 6.73. The molecule has 0 spiro atoms. The van der Waals surface area contributed by atoms with Crippen molar-refractivity contribution in [1.29, 1.82) is 0 Å². The summed E-state index contributed by atoms with van der Waals surface area (Å²) < 4.78 is 0. The molecule has 1 aliphatic carbocycles. The van der Waals surface area contributed by atoms with Crippen molar-refractivity contribution in [2.75, 3.05) is 13.1 Å². The van der Waals surface area contributed by atoms with E-state index in [9.17, 15) is 14.7 Å². The normalized spacial score (nSPS) is 31.3. The Bertz CT molecular complexity index is 656. The Morgan fingerprint density at radius 2 is 2.09 bits per heavy atom. The van der Waals surface area contributed by atoms with Gasteiger partial charge >= 0.3 is 0 Å². The third kappa shape index (κ3) is 1.94. The van der Waals surface area contributed by atoms with E-state index in [1.807, 2.05) is 6.07 Å². The van der Waals surface area contributed by atoms with E-state index in [0.29, 0.717) is 31.0 Å². The maximum absolute atomic E-state index is 12.8. The van der Waals surface area contributed by atoms with Crippen molar-refractivity contribution in [2.45, 2.75) is 30.5 Å². The van der Waals surface area contributed by atoms with E-state index in [4.69, 9.17) is 5.73 Å². The molecule has 0 radical (unpaired) electrons. The Labute approximate surface area is 128 Å². The van der Waals surface area contributed by atoms with Gasteiger partial charge in [0, 0.05) is 24.7 Å². The molecule has 4 rings (SSSR count). The summed E-state index contributed by atoms with van der Waals surface area (Å²) in [5, 5.41) is 13.4. The third-order valence-electron chi connectivity index (χ3n) is 5.15. The predicted octanol–water partition coefficient (Wildman–Crippen LogP) is -0.434. The molecule has 3 unspecified atom stereocenters. The number of carbonyl (C=O) groups is 2. The topological polar surface area (TPSA) is 95.7 Å². The zero-order valence-corrected chi connectivity index (χ0v) is 12.2. The van der Waals surface area contributed by atoms with Gasteiger partial charge < -0.3 is 21.1 Å². The summed E-state index contributed by atoms with van der Waals surface area (Å²) in [7, 11) is 0. The van der Waals surface area contributed by atoms with Crippen molar-refractivity contribution in [3.8, 4) is 0 Å². The number of hydrogen-bond donors (Lipinski definition) is 3. The van der Waals surface area contributed by atoms with Crippen LogP contribution in [0.5, 0.6) is 0 Å². The van der Waals surface area contributed by atoms with Gasteiger partial charge in [-0.3, -0.25) is 9.59 Å².